The van der Waals surface area contributed by atoms with E-state index in [2.05, 4.69) is 34.3 Å². The van der Waals surface area contributed by atoms with Crippen LogP contribution in [0, 0.1) is 0 Å². The molecule has 0 radical (unpaired) electrons. The molecule has 1 aliphatic heterocycles. The number of hydrogen-bond acceptors (Lipinski definition) is 3. The van der Waals surface area contributed by atoms with Gasteiger partial charge in [0.25, 0.3) is 0 Å². The molecule has 3 rings (SSSR count). The third kappa shape index (κ3) is 3.57. The lowest BCUT2D eigenvalue weighted by atomic mass is 10.2. The molecule has 1 saturated heterocycles. The van der Waals surface area contributed by atoms with Crippen LogP contribution in [0.2, 0.25) is 0 Å². The first kappa shape index (κ1) is 14.4. The highest BCUT2D eigenvalue weighted by atomic mass is 16.5. The molecular formula is C17H24N2O2. The molecule has 1 aromatic heterocycles. The first-order valence-corrected chi connectivity index (χ1v) is 7.91. The zero-order valence-corrected chi connectivity index (χ0v) is 12.7. The fourth-order valence-corrected chi connectivity index (χ4v) is 2.90. The van der Waals surface area contributed by atoms with Gasteiger partial charge in [0.2, 0.25) is 0 Å². The van der Waals surface area contributed by atoms with Crippen molar-refractivity contribution in [1.29, 1.82) is 0 Å². The van der Waals surface area contributed by atoms with E-state index in [-0.39, 0.29) is 0 Å². The topological polar surface area (TPSA) is 35.4 Å². The van der Waals surface area contributed by atoms with Crippen molar-refractivity contribution in [3.63, 3.8) is 0 Å². The van der Waals surface area contributed by atoms with Crippen LogP contribution in [0.4, 0.5) is 0 Å². The molecule has 0 aliphatic carbocycles. The van der Waals surface area contributed by atoms with Crippen LogP contribution >= 0.6 is 0 Å². The fraction of sp³-hybridized carbons (Fsp3) is 0.529. The van der Waals surface area contributed by atoms with E-state index < -0.39 is 0 Å². The Morgan fingerprint density at radius 3 is 3.14 bits per heavy atom. The maximum absolute atomic E-state index is 5.61. The maximum Gasteiger partial charge on any atom is 0.120 e. The van der Waals surface area contributed by atoms with Gasteiger partial charge in [0.05, 0.1) is 12.7 Å². The van der Waals surface area contributed by atoms with Crippen LogP contribution in [0.25, 0.3) is 10.9 Å². The Bertz CT molecular complexity index is 573. The Hall–Kier alpha value is -1.52. The largest absolute Gasteiger partial charge is 0.494 e. The standard InChI is InChI=1S/C17H24N2O2/c1-2-20-15-5-6-17-14(12-15)7-9-19(17)10-8-18-13-16-4-3-11-21-16/h5-7,9,12,16,18H,2-4,8,10-11,13H2,1H3. The van der Waals surface area contributed by atoms with Gasteiger partial charge in [-0.25, -0.2) is 0 Å². The van der Waals surface area contributed by atoms with Crippen molar-refractivity contribution in [3.05, 3.63) is 30.5 Å². The summed E-state index contributed by atoms with van der Waals surface area (Å²) >= 11 is 0. The van der Waals surface area contributed by atoms with Gasteiger partial charge in [-0.1, -0.05) is 0 Å². The summed E-state index contributed by atoms with van der Waals surface area (Å²) in [5.74, 6) is 0.944. The quantitative estimate of drug-likeness (QED) is 0.796. The van der Waals surface area contributed by atoms with Gasteiger partial charge in [0.1, 0.15) is 5.75 Å². The number of benzene rings is 1. The average Bonchev–Trinajstić information content (AvgIpc) is 3.13. The molecule has 4 nitrogen and oxygen atoms in total. The predicted molar refractivity (Wildman–Crippen MR) is 85.0 cm³/mol. The molecular weight excluding hydrogens is 264 g/mol. The van der Waals surface area contributed by atoms with Gasteiger partial charge in [-0.05, 0) is 44.0 Å². The van der Waals surface area contributed by atoms with Gasteiger partial charge in [-0.3, -0.25) is 0 Å². The first-order valence-electron chi connectivity index (χ1n) is 7.91. The van der Waals surface area contributed by atoms with E-state index in [1.54, 1.807) is 0 Å². The van der Waals surface area contributed by atoms with Gasteiger partial charge in [-0.2, -0.15) is 0 Å². The Morgan fingerprint density at radius 2 is 2.33 bits per heavy atom. The van der Waals surface area contributed by atoms with Crippen LogP contribution in [0.3, 0.4) is 0 Å². The zero-order valence-electron chi connectivity index (χ0n) is 12.7. The predicted octanol–water partition coefficient (Wildman–Crippen LogP) is 2.81. The van der Waals surface area contributed by atoms with E-state index in [1.807, 2.05) is 13.0 Å². The Morgan fingerprint density at radius 1 is 1.38 bits per heavy atom. The van der Waals surface area contributed by atoms with Crippen LogP contribution in [0.5, 0.6) is 5.75 Å². The van der Waals surface area contributed by atoms with Crippen LogP contribution in [-0.2, 0) is 11.3 Å². The summed E-state index contributed by atoms with van der Waals surface area (Å²) in [7, 11) is 0. The highest BCUT2D eigenvalue weighted by Gasteiger charge is 2.14. The fourth-order valence-electron chi connectivity index (χ4n) is 2.90. The summed E-state index contributed by atoms with van der Waals surface area (Å²) in [6.07, 6.45) is 4.96. The van der Waals surface area contributed by atoms with E-state index in [0.29, 0.717) is 12.7 Å². The summed E-state index contributed by atoms with van der Waals surface area (Å²) in [4.78, 5) is 0. The van der Waals surface area contributed by atoms with E-state index in [1.165, 1.54) is 23.7 Å². The first-order chi connectivity index (χ1) is 10.4. The highest BCUT2D eigenvalue weighted by molar-refractivity contribution is 5.81. The molecule has 1 aliphatic rings. The molecule has 1 N–H and O–H groups in total. The van der Waals surface area contributed by atoms with Crippen molar-refractivity contribution in [1.82, 2.24) is 9.88 Å². The van der Waals surface area contributed by atoms with Gasteiger partial charge in [0.15, 0.2) is 0 Å². The molecule has 2 aromatic rings. The number of nitrogens with zero attached hydrogens (tertiary/aromatic N) is 1. The average molecular weight is 288 g/mol. The summed E-state index contributed by atoms with van der Waals surface area (Å²) in [6.45, 7) is 6.56. The Kier molecular flexibility index (Phi) is 4.78. The second-order valence-electron chi connectivity index (χ2n) is 5.50. The SMILES string of the molecule is CCOc1ccc2c(ccn2CCNCC2CCCO2)c1. The third-order valence-corrected chi connectivity index (χ3v) is 3.98. The molecule has 1 fully saturated rings. The van der Waals surface area contributed by atoms with E-state index >= 15 is 0 Å². The zero-order chi connectivity index (χ0) is 14.5. The smallest absolute Gasteiger partial charge is 0.120 e. The van der Waals surface area contributed by atoms with Gasteiger partial charge >= 0.3 is 0 Å². The van der Waals surface area contributed by atoms with Crippen molar-refractivity contribution >= 4 is 10.9 Å². The van der Waals surface area contributed by atoms with Crippen molar-refractivity contribution in [2.75, 3.05) is 26.3 Å². The van der Waals surface area contributed by atoms with Crippen molar-refractivity contribution in [3.8, 4) is 5.75 Å². The third-order valence-electron chi connectivity index (χ3n) is 3.98. The maximum atomic E-state index is 5.61. The molecule has 4 heteroatoms. The van der Waals surface area contributed by atoms with Crippen molar-refractivity contribution in [2.45, 2.75) is 32.4 Å². The van der Waals surface area contributed by atoms with Crippen LogP contribution in [0.15, 0.2) is 30.5 Å². The number of rotatable bonds is 7. The molecule has 1 unspecified atom stereocenters. The molecule has 1 atom stereocenters. The highest BCUT2D eigenvalue weighted by Crippen LogP contribution is 2.22. The number of fused-ring (bicyclic) bond motifs is 1. The number of aromatic nitrogens is 1. The number of hydrogen-bond donors (Lipinski definition) is 1. The molecule has 0 spiro atoms. The second-order valence-corrected chi connectivity index (χ2v) is 5.50. The molecule has 1 aromatic carbocycles. The lowest BCUT2D eigenvalue weighted by Gasteiger charge is -2.11. The molecule has 114 valence electrons. The lowest BCUT2D eigenvalue weighted by molar-refractivity contribution is 0.110. The van der Waals surface area contributed by atoms with Crippen LogP contribution < -0.4 is 10.1 Å². The van der Waals surface area contributed by atoms with E-state index in [0.717, 1.165) is 32.0 Å². The summed E-state index contributed by atoms with van der Waals surface area (Å²) in [5, 5.41) is 4.73. The summed E-state index contributed by atoms with van der Waals surface area (Å²) in [6, 6.07) is 8.44. The van der Waals surface area contributed by atoms with Gasteiger partial charge < -0.3 is 19.4 Å². The second kappa shape index (κ2) is 6.96. The van der Waals surface area contributed by atoms with Gasteiger partial charge in [0, 0.05) is 43.3 Å². The normalized spacial score (nSPS) is 18.4. The number of nitrogens with one attached hydrogen (secondary N) is 1. The minimum absolute atomic E-state index is 0.417. The minimum atomic E-state index is 0.417. The summed E-state index contributed by atoms with van der Waals surface area (Å²) in [5.41, 5.74) is 1.26. The van der Waals surface area contributed by atoms with Crippen molar-refractivity contribution < 1.29 is 9.47 Å². The number of ether oxygens (including phenoxy) is 2. The minimum Gasteiger partial charge on any atom is -0.494 e. The monoisotopic (exact) mass is 288 g/mol. The van der Waals surface area contributed by atoms with E-state index in [9.17, 15) is 0 Å². The molecule has 0 saturated carbocycles. The Balaban J connectivity index is 1.54. The van der Waals surface area contributed by atoms with Crippen LogP contribution in [-0.4, -0.2) is 37.0 Å². The van der Waals surface area contributed by atoms with Gasteiger partial charge in [-0.15, -0.1) is 0 Å². The molecule has 21 heavy (non-hydrogen) atoms. The summed E-state index contributed by atoms with van der Waals surface area (Å²) < 4.78 is 13.4. The molecule has 0 amide bonds. The van der Waals surface area contributed by atoms with Crippen molar-refractivity contribution in [2.24, 2.45) is 0 Å². The lowest BCUT2D eigenvalue weighted by Crippen LogP contribution is -2.28. The molecule has 0 bridgehead atoms. The van der Waals surface area contributed by atoms with E-state index in [4.69, 9.17) is 9.47 Å². The van der Waals surface area contributed by atoms with Crippen LogP contribution in [0.1, 0.15) is 19.8 Å². The molecule has 2 heterocycles. The Labute approximate surface area is 126 Å².